The molecule has 1 aromatic carbocycles. The van der Waals surface area contributed by atoms with Crippen LogP contribution in [0.5, 0.6) is 0 Å². The first kappa shape index (κ1) is 12.1. The highest BCUT2D eigenvalue weighted by Crippen LogP contribution is 2.37. The van der Waals surface area contributed by atoms with Gasteiger partial charge in [0.25, 0.3) is 0 Å². The Balaban J connectivity index is 1.62. The van der Waals surface area contributed by atoms with Crippen molar-refractivity contribution in [1.29, 1.82) is 0 Å². The number of thiazole rings is 1. The molecule has 2 unspecified atom stereocenters. The lowest BCUT2D eigenvalue weighted by Gasteiger charge is -2.18. The molecule has 1 aliphatic carbocycles. The fourth-order valence-corrected chi connectivity index (χ4v) is 4.12. The van der Waals surface area contributed by atoms with Crippen LogP contribution in [0, 0.1) is 5.92 Å². The van der Waals surface area contributed by atoms with Gasteiger partial charge in [0.05, 0.1) is 5.69 Å². The third-order valence-electron chi connectivity index (χ3n) is 4.27. The molecule has 4 rings (SSSR count). The maximum Gasteiger partial charge on any atom is 0.193 e. The molecule has 0 fully saturated rings. The van der Waals surface area contributed by atoms with Gasteiger partial charge in [-0.1, -0.05) is 24.3 Å². The minimum Gasteiger partial charge on any atom is -0.313 e. The minimum absolute atomic E-state index is 0.450. The predicted molar refractivity (Wildman–Crippen MR) is 82.2 cm³/mol. The van der Waals surface area contributed by atoms with Crippen LogP contribution in [-0.2, 0) is 12.8 Å². The first-order valence-corrected chi connectivity index (χ1v) is 7.89. The minimum atomic E-state index is 0.450. The van der Waals surface area contributed by atoms with Gasteiger partial charge in [0, 0.05) is 23.8 Å². The summed E-state index contributed by atoms with van der Waals surface area (Å²) in [7, 11) is 2.06. The fourth-order valence-electron chi connectivity index (χ4n) is 3.40. The maximum absolute atomic E-state index is 4.72. The van der Waals surface area contributed by atoms with Crippen LogP contribution in [0.15, 0.2) is 42.0 Å². The largest absolute Gasteiger partial charge is 0.313 e. The first-order chi connectivity index (χ1) is 9.85. The summed E-state index contributed by atoms with van der Waals surface area (Å²) in [6.45, 7) is 0. The van der Waals surface area contributed by atoms with E-state index >= 15 is 0 Å². The van der Waals surface area contributed by atoms with Gasteiger partial charge in [0.15, 0.2) is 4.96 Å². The van der Waals surface area contributed by atoms with Crippen molar-refractivity contribution in [3.8, 4) is 0 Å². The second-order valence-corrected chi connectivity index (χ2v) is 6.33. The zero-order chi connectivity index (χ0) is 13.5. The Labute approximate surface area is 122 Å². The molecular weight excluding hydrogens is 266 g/mol. The summed E-state index contributed by atoms with van der Waals surface area (Å²) in [4.78, 5) is 5.82. The predicted octanol–water partition coefficient (Wildman–Crippen LogP) is 3.07. The van der Waals surface area contributed by atoms with Gasteiger partial charge >= 0.3 is 0 Å². The second kappa shape index (κ2) is 4.72. The summed E-state index contributed by atoms with van der Waals surface area (Å²) in [5, 5.41) is 5.56. The van der Waals surface area contributed by atoms with E-state index in [-0.39, 0.29) is 0 Å². The summed E-state index contributed by atoms with van der Waals surface area (Å²) in [5.74, 6) is 0.599. The molecule has 3 nitrogen and oxygen atoms in total. The van der Waals surface area contributed by atoms with E-state index in [2.05, 4.69) is 58.8 Å². The Morgan fingerprint density at radius 3 is 3.15 bits per heavy atom. The topological polar surface area (TPSA) is 29.3 Å². The molecule has 0 radical (unpaired) electrons. The van der Waals surface area contributed by atoms with Gasteiger partial charge in [-0.15, -0.1) is 11.3 Å². The molecule has 0 bridgehead atoms. The zero-order valence-electron chi connectivity index (χ0n) is 11.4. The van der Waals surface area contributed by atoms with Crippen LogP contribution in [0.3, 0.4) is 0 Å². The highest BCUT2D eigenvalue weighted by atomic mass is 32.1. The average Bonchev–Trinajstić information content (AvgIpc) is 3.10. The number of fused-ring (bicyclic) bond motifs is 2. The molecule has 1 N–H and O–H groups in total. The molecule has 0 amide bonds. The molecule has 102 valence electrons. The van der Waals surface area contributed by atoms with Crippen molar-refractivity contribution >= 4 is 16.3 Å². The van der Waals surface area contributed by atoms with E-state index in [9.17, 15) is 0 Å². The van der Waals surface area contributed by atoms with E-state index < -0.39 is 0 Å². The highest BCUT2D eigenvalue weighted by molar-refractivity contribution is 7.15. The van der Waals surface area contributed by atoms with Gasteiger partial charge in [-0.05, 0) is 36.9 Å². The standard InChI is InChI=1S/C16H17N3S/c1-17-15-12(8-11-4-2-3-5-14(11)15)9-13-10-19-6-7-20-16(19)18-13/h2-7,10,12,15,17H,8-9H2,1H3. The van der Waals surface area contributed by atoms with Gasteiger partial charge in [0.1, 0.15) is 0 Å². The number of hydrogen-bond acceptors (Lipinski definition) is 3. The quantitative estimate of drug-likeness (QED) is 0.800. The second-order valence-electron chi connectivity index (χ2n) is 5.46. The van der Waals surface area contributed by atoms with Crippen LogP contribution in [0.1, 0.15) is 22.9 Å². The normalized spacial score (nSPS) is 21.4. The third kappa shape index (κ3) is 1.87. The van der Waals surface area contributed by atoms with E-state index in [0.29, 0.717) is 12.0 Å². The number of hydrogen-bond donors (Lipinski definition) is 1. The summed E-state index contributed by atoms with van der Waals surface area (Å²) in [6.07, 6.45) is 6.43. The van der Waals surface area contributed by atoms with E-state index in [0.717, 1.165) is 17.8 Å². The number of imidazole rings is 1. The van der Waals surface area contributed by atoms with Crippen molar-refractivity contribution in [3.05, 3.63) is 58.9 Å². The third-order valence-corrected chi connectivity index (χ3v) is 5.04. The Bertz CT molecular complexity index is 714. The summed E-state index contributed by atoms with van der Waals surface area (Å²) < 4.78 is 2.12. The van der Waals surface area contributed by atoms with Crippen LogP contribution >= 0.6 is 11.3 Å². The van der Waals surface area contributed by atoms with E-state index in [1.54, 1.807) is 11.3 Å². The van der Waals surface area contributed by atoms with Crippen LogP contribution < -0.4 is 5.32 Å². The highest BCUT2D eigenvalue weighted by Gasteiger charge is 2.31. The zero-order valence-corrected chi connectivity index (χ0v) is 12.2. The summed E-state index contributed by atoms with van der Waals surface area (Å²) >= 11 is 1.70. The number of benzene rings is 1. The smallest absolute Gasteiger partial charge is 0.193 e. The van der Waals surface area contributed by atoms with E-state index in [1.807, 2.05) is 0 Å². The Kier molecular flexibility index (Phi) is 2.86. The molecule has 0 aliphatic heterocycles. The number of rotatable bonds is 3. The number of nitrogens with one attached hydrogen (secondary N) is 1. The van der Waals surface area contributed by atoms with Crippen molar-refractivity contribution in [2.24, 2.45) is 5.92 Å². The van der Waals surface area contributed by atoms with Crippen molar-refractivity contribution < 1.29 is 0 Å². The Hall–Kier alpha value is -1.65. The summed E-state index contributed by atoms with van der Waals surface area (Å²) in [5.41, 5.74) is 4.15. The SMILES string of the molecule is CNC1c2ccccc2CC1Cc1cn2ccsc2n1. The summed E-state index contributed by atoms with van der Waals surface area (Å²) in [6, 6.07) is 9.23. The van der Waals surface area contributed by atoms with Crippen LogP contribution in [0.4, 0.5) is 0 Å². The molecule has 2 atom stereocenters. The molecule has 0 spiro atoms. The van der Waals surface area contributed by atoms with Crippen molar-refractivity contribution in [2.75, 3.05) is 7.05 Å². The van der Waals surface area contributed by atoms with Gasteiger partial charge in [-0.25, -0.2) is 4.98 Å². The lowest BCUT2D eigenvalue weighted by Crippen LogP contribution is -2.23. The molecule has 2 aromatic heterocycles. The van der Waals surface area contributed by atoms with Gasteiger partial charge in [0.2, 0.25) is 0 Å². The Morgan fingerprint density at radius 2 is 2.30 bits per heavy atom. The molecule has 0 saturated heterocycles. The van der Waals surface area contributed by atoms with Crippen molar-refractivity contribution in [2.45, 2.75) is 18.9 Å². The fraction of sp³-hybridized carbons (Fsp3) is 0.312. The molecule has 2 heterocycles. The number of nitrogens with zero attached hydrogens (tertiary/aromatic N) is 2. The average molecular weight is 283 g/mol. The monoisotopic (exact) mass is 283 g/mol. The van der Waals surface area contributed by atoms with E-state index in [4.69, 9.17) is 4.98 Å². The molecule has 1 aliphatic rings. The molecule has 0 saturated carbocycles. The molecule has 4 heteroatoms. The van der Waals surface area contributed by atoms with Gasteiger partial charge < -0.3 is 5.32 Å². The molecular formula is C16H17N3S. The van der Waals surface area contributed by atoms with Crippen molar-refractivity contribution in [1.82, 2.24) is 14.7 Å². The van der Waals surface area contributed by atoms with Crippen molar-refractivity contribution in [3.63, 3.8) is 0 Å². The van der Waals surface area contributed by atoms with Crippen LogP contribution in [-0.4, -0.2) is 16.4 Å². The first-order valence-electron chi connectivity index (χ1n) is 7.01. The Morgan fingerprint density at radius 1 is 1.40 bits per heavy atom. The molecule has 3 aromatic rings. The maximum atomic E-state index is 4.72. The lowest BCUT2D eigenvalue weighted by molar-refractivity contribution is 0.408. The van der Waals surface area contributed by atoms with Crippen LogP contribution in [0.2, 0.25) is 0 Å². The van der Waals surface area contributed by atoms with Gasteiger partial charge in [-0.2, -0.15) is 0 Å². The number of aromatic nitrogens is 2. The van der Waals surface area contributed by atoms with Crippen LogP contribution in [0.25, 0.3) is 4.96 Å². The van der Waals surface area contributed by atoms with Gasteiger partial charge in [-0.3, -0.25) is 4.40 Å². The van der Waals surface area contributed by atoms with E-state index in [1.165, 1.54) is 16.8 Å². The molecule has 20 heavy (non-hydrogen) atoms. The lowest BCUT2D eigenvalue weighted by atomic mass is 9.96.